The fourth-order valence-electron chi connectivity index (χ4n) is 1.90. The molecule has 0 spiro atoms. The number of ether oxygens (including phenoxy) is 1. The van der Waals surface area contributed by atoms with Gasteiger partial charge < -0.3 is 9.84 Å². The van der Waals surface area contributed by atoms with E-state index in [0.29, 0.717) is 22.3 Å². The number of aromatic nitrogens is 1. The van der Waals surface area contributed by atoms with Gasteiger partial charge in [0.2, 0.25) is 0 Å². The first kappa shape index (κ1) is 14.8. The molecule has 1 aromatic carbocycles. The second-order valence-electron chi connectivity index (χ2n) is 4.23. The molecule has 6 heteroatoms. The lowest BCUT2D eigenvalue weighted by Gasteiger charge is -2.12. The van der Waals surface area contributed by atoms with E-state index in [1.807, 2.05) is 25.3 Å². The molecule has 0 saturated heterocycles. The normalized spacial score (nSPS) is 10.6. The summed E-state index contributed by atoms with van der Waals surface area (Å²) >= 11 is 7.41. The molecule has 0 saturated carbocycles. The lowest BCUT2D eigenvalue weighted by atomic mass is 10.1. The molecular weight excluding hydrogens is 298 g/mol. The largest absolute Gasteiger partial charge is 0.493 e. The zero-order chi connectivity index (χ0) is 14.7. The number of halogens is 1. The number of hydrogen-bond acceptors (Lipinski definition) is 4. The summed E-state index contributed by atoms with van der Waals surface area (Å²) in [6.07, 6.45) is -0.0752. The number of benzene rings is 1. The molecule has 4 nitrogen and oxygen atoms in total. The van der Waals surface area contributed by atoms with Gasteiger partial charge in [0.15, 0.2) is 0 Å². The van der Waals surface area contributed by atoms with Crippen LogP contribution < -0.4 is 4.74 Å². The molecule has 1 heterocycles. The zero-order valence-corrected chi connectivity index (χ0v) is 12.7. The van der Waals surface area contributed by atoms with E-state index in [9.17, 15) is 4.79 Å². The number of carboxylic acid groups (broad SMARTS) is 1. The highest BCUT2D eigenvalue weighted by molar-refractivity contribution is 7.10. The average molecular weight is 312 g/mol. The third-order valence-corrected chi connectivity index (χ3v) is 3.73. The zero-order valence-electron chi connectivity index (χ0n) is 11.1. The summed E-state index contributed by atoms with van der Waals surface area (Å²) in [5.74, 6) is -0.151. The minimum atomic E-state index is -0.891. The summed E-state index contributed by atoms with van der Waals surface area (Å²) in [7, 11) is 0. The molecule has 0 atom stereocenters. The molecule has 2 rings (SSSR count). The van der Waals surface area contributed by atoms with E-state index in [4.69, 9.17) is 21.4 Å². The van der Waals surface area contributed by atoms with Crippen molar-refractivity contribution in [1.82, 2.24) is 4.98 Å². The number of nitrogens with zero attached hydrogens (tertiary/aromatic N) is 1. The van der Waals surface area contributed by atoms with Crippen LogP contribution in [0.4, 0.5) is 0 Å². The third kappa shape index (κ3) is 3.29. The lowest BCUT2D eigenvalue weighted by molar-refractivity contribution is -0.136. The van der Waals surface area contributed by atoms with Gasteiger partial charge in [0.05, 0.1) is 18.7 Å². The average Bonchev–Trinajstić information content (AvgIpc) is 2.79. The summed E-state index contributed by atoms with van der Waals surface area (Å²) in [6, 6.07) is 3.62. The summed E-state index contributed by atoms with van der Waals surface area (Å²) < 4.78 is 5.66. The van der Waals surface area contributed by atoms with Gasteiger partial charge in [-0.2, -0.15) is 0 Å². The van der Waals surface area contributed by atoms with Gasteiger partial charge in [0.25, 0.3) is 0 Å². The van der Waals surface area contributed by atoms with Crippen LogP contribution in [0.5, 0.6) is 5.75 Å². The smallest absolute Gasteiger partial charge is 0.310 e. The quantitative estimate of drug-likeness (QED) is 0.912. The Balaban J connectivity index is 2.45. The second-order valence-corrected chi connectivity index (χ2v) is 5.61. The van der Waals surface area contributed by atoms with Crippen molar-refractivity contribution in [3.05, 3.63) is 33.1 Å². The first-order valence-corrected chi connectivity index (χ1v) is 7.36. The maximum Gasteiger partial charge on any atom is 0.310 e. The maximum atomic E-state index is 10.7. The van der Waals surface area contributed by atoms with Crippen LogP contribution in [0, 0.1) is 6.92 Å². The van der Waals surface area contributed by atoms with E-state index in [1.165, 1.54) is 11.3 Å². The molecule has 0 aliphatic rings. The number of aryl methyl sites for hydroxylation is 1. The van der Waals surface area contributed by atoms with E-state index in [0.717, 1.165) is 16.9 Å². The number of carbonyl (C=O) groups is 1. The fourth-order valence-corrected chi connectivity index (χ4v) is 2.96. The Hall–Kier alpha value is -1.59. The molecule has 0 bridgehead atoms. The number of hydrogen-bond donors (Lipinski definition) is 1. The molecule has 0 radical (unpaired) electrons. The first-order valence-electron chi connectivity index (χ1n) is 6.10. The summed E-state index contributed by atoms with van der Waals surface area (Å²) in [5.41, 5.74) is 2.42. The van der Waals surface area contributed by atoms with Crippen molar-refractivity contribution in [3.63, 3.8) is 0 Å². The van der Waals surface area contributed by atoms with Crippen LogP contribution in [0.2, 0.25) is 5.02 Å². The van der Waals surface area contributed by atoms with Crippen molar-refractivity contribution in [2.75, 3.05) is 6.61 Å². The summed E-state index contributed by atoms with van der Waals surface area (Å²) in [4.78, 5) is 15.1. The lowest BCUT2D eigenvalue weighted by Crippen LogP contribution is -2.00. The highest BCUT2D eigenvalue weighted by Crippen LogP contribution is 2.36. The molecule has 0 unspecified atom stereocenters. The van der Waals surface area contributed by atoms with Crippen LogP contribution in [0.3, 0.4) is 0 Å². The van der Waals surface area contributed by atoms with Gasteiger partial charge >= 0.3 is 5.97 Å². The molecule has 0 aliphatic carbocycles. The molecule has 1 aromatic heterocycles. The Morgan fingerprint density at radius 2 is 2.25 bits per heavy atom. The van der Waals surface area contributed by atoms with Gasteiger partial charge in [-0.15, -0.1) is 11.3 Å². The van der Waals surface area contributed by atoms with Crippen molar-refractivity contribution >= 4 is 28.9 Å². The molecule has 1 N–H and O–H groups in total. The van der Waals surface area contributed by atoms with Gasteiger partial charge in [0, 0.05) is 16.0 Å². The van der Waals surface area contributed by atoms with Crippen molar-refractivity contribution < 1.29 is 14.6 Å². The molecule has 0 amide bonds. The molecule has 0 aliphatic heterocycles. The van der Waals surface area contributed by atoms with Gasteiger partial charge in [-0.1, -0.05) is 11.6 Å². The predicted octanol–water partition coefficient (Wildman–Crippen LogP) is 3.80. The topological polar surface area (TPSA) is 59.4 Å². The number of thiazole rings is 1. The highest BCUT2D eigenvalue weighted by Gasteiger charge is 2.15. The first-order chi connectivity index (χ1) is 9.51. The third-order valence-electron chi connectivity index (χ3n) is 2.66. The molecule has 106 valence electrons. The predicted molar refractivity (Wildman–Crippen MR) is 79.8 cm³/mol. The number of rotatable bonds is 5. The maximum absolute atomic E-state index is 10.7. The number of carboxylic acids is 1. The molecular formula is C14H14ClNO3S. The van der Waals surface area contributed by atoms with Gasteiger partial charge in [-0.25, -0.2) is 4.98 Å². The standard InChI is InChI=1S/C14H14ClNO3S/c1-3-19-14-8(2)4-9(15)5-10(14)11-7-20-12(16-11)6-13(17)18/h4-5,7H,3,6H2,1-2H3,(H,17,18). The highest BCUT2D eigenvalue weighted by atomic mass is 35.5. The second kappa shape index (κ2) is 6.24. The van der Waals surface area contributed by atoms with E-state index < -0.39 is 5.97 Å². The Morgan fingerprint density at radius 1 is 1.50 bits per heavy atom. The SMILES string of the molecule is CCOc1c(C)cc(Cl)cc1-c1csc(CC(=O)O)n1. The van der Waals surface area contributed by atoms with Crippen LogP contribution in [0.25, 0.3) is 11.3 Å². The minimum absolute atomic E-state index is 0.0752. The van der Waals surface area contributed by atoms with E-state index >= 15 is 0 Å². The number of aliphatic carboxylic acids is 1. The monoisotopic (exact) mass is 311 g/mol. The Bertz CT molecular complexity index is 639. The van der Waals surface area contributed by atoms with E-state index in [-0.39, 0.29) is 6.42 Å². The minimum Gasteiger partial charge on any atom is -0.493 e. The molecule has 20 heavy (non-hydrogen) atoms. The fraction of sp³-hybridized carbons (Fsp3) is 0.286. The van der Waals surface area contributed by atoms with Crippen LogP contribution in [0.1, 0.15) is 17.5 Å². The van der Waals surface area contributed by atoms with Crippen LogP contribution >= 0.6 is 22.9 Å². The van der Waals surface area contributed by atoms with Gasteiger partial charge in [0.1, 0.15) is 10.8 Å². The van der Waals surface area contributed by atoms with Crippen molar-refractivity contribution in [3.8, 4) is 17.0 Å². The Morgan fingerprint density at radius 3 is 2.90 bits per heavy atom. The Kier molecular flexibility index (Phi) is 4.62. The summed E-state index contributed by atoms with van der Waals surface area (Å²) in [5, 5.41) is 11.8. The van der Waals surface area contributed by atoms with Gasteiger partial charge in [-0.05, 0) is 31.5 Å². The molecule has 0 fully saturated rings. The van der Waals surface area contributed by atoms with Crippen molar-refractivity contribution in [2.24, 2.45) is 0 Å². The van der Waals surface area contributed by atoms with Crippen LogP contribution in [-0.2, 0) is 11.2 Å². The van der Waals surface area contributed by atoms with E-state index in [1.54, 1.807) is 6.07 Å². The molecule has 2 aromatic rings. The van der Waals surface area contributed by atoms with Crippen LogP contribution in [-0.4, -0.2) is 22.7 Å². The summed E-state index contributed by atoms with van der Waals surface area (Å²) in [6.45, 7) is 4.38. The van der Waals surface area contributed by atoms with E-state index in [2.05, 4.69) is 4.98 Å². The van der Waals surface area contributed by atoms with Crippen molar-refractivity contribution in [1.29, 1.82) is 0 Å². The Labute approximate surface area is 126 Å². The van der Waals surface area contributed by atoms with Crippen molar-refractivity contribution in [2.45, 2.75) is 20.3 Å². The van der Waals surface area contributed by atoms with Gasteiger partial charge in [-0.3, -0.25) is 4.79 Å². The van der Waals surface area contributed by atoms with Crippen LogP contribution in [0.15, 0.2) is 17.5 Å².